The van der Waals surface area contributed by atoms with Crippen molar-refractivity contribution in [3.8, 4) is 0 Å². The lowest BCUT2D eigenvalue weighted by Gasteiger charge is -2.40. The summed E-state index contributed by atoms with van der Waals surface area (Å²) < 4.78 is 0. The molecule has 0 saturated heterocycles. The van der Waals surface area contributed by atoms with Gasteiger partial charge >= 0.3 is 0 Å². The van der Waals surface area contributed by atoms with Gasteiger partial charge in [-0.25, -0.2) is 0 Å². The van der Waals surface area contributed by atoms with Gasteiger partial charge in [-0.3, -0.25) is 0 Å². The normalized spacial score (nSPS) is 31.2. The highest BCUT2D eigenvalue weighted by Crippen LogP contribution is 2.37. The number of rotatable bonds is 3. The second-order valence-electron chi connectivity index (χ2n) is 11.3. The minimum absolute atomic E-state index is 0.823. The summed E-state index contributed by atoms with van der Waals surface area (Å²) in [6, 6.07) is 1.66. The Labute approximate surface area is 189 Å². The molecule has 0 aliphatic heterocycles. The fourth-order valence-electron chi connectivity index (χ4n) is 7.01. The van der Waals surface area contributed by atoms with E-state index < -0.39 is 0 Å². The van der Waals surface area contributed by atoms with Crippen molar-refractivity contribution in [1.29, 1.82) is 0 Å². The highest BCUT2D eigenvalue weighted by Gasteiger charge is 2.32. The molecule has 1 nitrogen and oxygen atoms in total. The van der Waals surface area contributed by atoms with Crippen LogP contribution in [0.3, 0.4) is 0 Å². The standard InChI is InChI=1S/C29H55N/c1-2-4-7-11-15-21-26(20-14-10-6-3-1)28-24-18-19-25-29(28)30-27-22-16-12-8-5-9-13-17-23-27/h26-30H,1-25H2. The molecular formula is C29H55N. The number of hydrogen-bond donors (Lipinski definition) is 1. The largest absolute Gasteiger partial charge is 0.311 e. The molecule has 3 rings (SSSR count). The summed E-state index contributed by atoms with van der Waals surface area (Å²) in [6.07, 6.45) is 37.4. The van der Waals surface area contributed by atoms with Crippen molar-refractivity contribution < 1.29 is 0 Å². The lowest BCUT2D eigenvalue weighted by molar-refractivity contribution is 0.149. The first-order chi connectivity index (χ1) is 14.9. The minimum Gasteiger partial charge on any atom is -0.311 e. The SMILES string of the molecule is C1CCCCCCC(C2CCCCC2NC2CCCCCCCCC2)CCCCC1. The lowest BCUT2D eigenvalue weighted by atomic mass is 9.72. The third-order valence-corrected chi connectivity index (χ3v) is 8.88. The molecule has 1 N–H and O–H groups in total. The predicted octanol–water partition coefficient (Wildman–Crippen LogP) is 9.34. The highest BCUT2D eigenvalue weighted by molar-refractivity contribution is 4.88. The van der Waals surface area contributed by atoms with Gasteiger partial charge in [-0.2, -0.15) is 0 Å². The minimum atomic E-state index is 0.823. The van der Waals surface area contributed by atoms with E-state index in [9.17, 15) is 0 Å². The predicted molar refractivity (Wildman–Crippen MR) is 133 cm³/mol. The Morgan fingerprint density at radius 3 is 1.20 bits per heavy atom. The van der Waals surface area contributed by atoms with E-state index in [0.717, 1.165) is 23.9 Å². The second-order valence-corrected chi connectivity index (χ2v) is 11.3. The summed E-state index contributed by atoms with van der Waals surface area (Å²) in [5.41, 5.74) is 0. The maximum absolute atomic E-state index is 4.32. The molecule has 2 unspecified atom stereocenters. The molecule has 0 amide bonds. The van der Waals surface area contributed by atoms with E-state index in [4.69, 9.17) is 0 Å². The number of nitrogens with one attached hydrogen (secondary N) is 1. The van der Waals surface area contributed by atoms with Crippen molar-refractivity contribution in [3.05, 3.63) is 0 Å². The molecule has 176 valence electrons. The van der Waals surface area contributed by atoms with E-state index in [1.807, 2.05) is 0 Å². The van der Waals surface area contributed by atoms with Crippen LogP contribution in [-0.2, 0) is 0 Å². The van der Waals surface area contributed by atoms with Crippen LogP contribution in [0.15, 0.2) is 0 Å². The zero-order valence-corrected chi connectivity index (χ0v) is 20.5. The fraction of sp³-hybridized carbons (Fsp3) is 1.00. The first-order valence-corrected chi connectivity index (χ1v) is 14.7. The van der Waals surface area contributed by atoms with Crippen molar-refractivity contribution >= 4 is 0 Å². The van der Waals surface area contributed by atoms with Gasteiger partial charge in [0.1, 0.15) is 0 Å². The molecule has 0 aromatic carbocycles. The molecule has 0 heterocycles. The molecular weight excluding hydrogens is 362 g/mol. The molecule has 3 aliphatic rings. The summed E-state index contributed by atoms with van der Waals surface area (Å²) in [5.74, 6) is 2.00. The van der Waals surface area contributed by atoms with Gasteiger partial charge in [-0.15, -0.1) is 0 Å². The van der Waals surface area contributed by atoms with Gasteiger partial charge in [0.2, 0.25) is 0 Å². The summed E-state index contributed by atoms with van der Waals surface area (Å²) in [4.78, 5) is 0. The van der Waals surface area contributed by atoms with E-state index in [1.54, 1.807) is 0 Å². The third-order valence-electron chi connectivity index (χ3n) is 8.88. The topological polar surface area (TPSA) is 12.0 Å². The maximum atomic E-state index is 4.32. The molecule has 0 bridgehead atoms. The summed E-state index contributed by atoms with van der Waals surface area (Å²) in [5, 5.41) is 4.32. The van der Waals surface area contributed by atoms with Gasteiger partial charge in [-0.1, -0.05) is 135 Å². The molecule has 2 atom stereocenters. The second kappa shape index (κ2) is 15.7. The van der Waals surface area contributed by atoms with Crippen LogP contribution in [0.5, 0.6) is 0 Å². The Kier molecular flexibility index (Phi) is 12.9. The molecule has 0 spiro atoms. The summed E-state index contributed by atoms with van der Waals surface area (Å²) in [6.45, 7) is 0. The van der Waals surface area contributed by atoms with E-state index >= 15 is 0 Å². The fourth-order valence-corrected chi connectivity index (χ4v) is 7.01. The zero-order chi connectivity index (χ0) is 20.7. The smallest absolute Gasteiger partial charge is 0.0101 e. The zero-order valence-electron chi connectivity index (χ0n) is 20.5. The van der Waals surface area contributed by atoms with Crippen molar-refractivity contribution in [2.75, 3.05) is 0 Å². The van der Waals surface area contributed by atoms with Gasteiger partial charge in [0.15, 0.2) is 0 Å². The van der Waals surface area contributed by atoms with Crippen LogP contribution in [0.4, 0.5) is 0 Å². The quantitative estimate of drug-likeness (QED) is 0.482. The van der Waals surface area contributed by atoms with E-state index in [0.29, 0.717) is 0 Å². The van der Waals surface area contributed by atoms with Crippen LogP contribution in [0.1, 0.15) is 161 Å². The van der Waals surface area contributed by atoms with Gasteiger partial charge in [0, 0.05) is 12.1 Å². The Bertz CT molecular complexity index is 381. The van der Waals surface area contributed by atoms with Crippen LogP contribution in [0, 0.1) is 11.8 Å². The summed E-state index contributed by atoms with van der Waals surface area (Å²) in [7, 11) is 0. The van der Waals surface area contributed by atoms with Crippen LogP contribution in [0.2, 0.25) is 0 Å². The van der Waals surface area contributed by atoms with Crippen LogP contribution in [-0.4, -0.2) is 12.1 Å². The molecule has 0 aromatic rings. The van der Waals surface area contributed by atoms with Crippen LogP contribution in [0.25, 0.3) is 0 Å². The highest BCUT2D eigenvalue weighted by atomic mass is 15.0. The number of hydrogen-bond acceptors (Lipinski definition) is 1. The Morgan fingerprint density at radius 1 is 0.333 bits per heavy atom. The van der Waals surface area contributed by atoms with Crippen molar-refractivity contribution in [1.82, 2.24) is 5.32 Å². The molecule has 1 heteroatoms. The Morgan fingerprint density at radius 2 is 0.700 bits per heavy atom. The first-order valence-electron chi connectivity index (χ1n) is 14.7. The molecule has 3 fully saturated rings. The molecule has 3 aliphatic carbocycles. The van der Waals surface area contributed by atoms with Gasteiger partial charge in [0.05, 0.1) is 0 Å². The van der Waals surface area contributed by atoms with Crippen molar-refractivity contribution in [2.24, 2.45) is 11.8 Å². The van der Waals surface area contributed by atoms with Gasteiger partial charge < -0.3 is 5.32 Å². The summed E-state index contributed by atoms with van der Waals surface area (Å²) >= 11 is 0. The monoisotopic (exact) mass is 417 g/mol. The first kappa shape index (κ1) is 24.6. The van der Waals surface area contributed by atoms with E-state index in [2.05, 4.69) is 5.32 Å². The Balaban J connectivity index is 1.55. The van der Waals surface area contributed by atoms with Gasteiger partial charge in [-0.05, 0) is 37.5 Å². The lowest BCUT2D eigenvalue weighted by Crippen LogP contribution is -2.46. The van der Waals surface area contributed by atoms with Crippen molar-refractivity contribution in [3.63, 3.8) is 0 Å². The molecule has 3 saturated carbocycles. The maximum Gasteiger partial charge on any atom is 0.0101 e. The van der Waals surface area contributed by atoms with Gasteiger partial charge in [0.25, 0.3) is 0 Å². The van der Waals surface area contributed by atoms with Crippen molar-refractivity contribution in [2.45, 2.75) is 173 Å². The Hall–Kier alpha value is -0.0400. The molecule has 30 heavy (non-hydrogen) atoms. The van der Waals surface area contributed by atoms with Crippen LogP contribution >= 0.6 is 0 Å². The van der Waals surface area contributed by atoms with E-state index in [1.165, 1.54) is 161 Å². The van der Waals surface area contributed by atoms with Crippen LogP contribution < -0.4 is 5.32 Å². The molecule has 0 radical (unpaired) electrons. The third kappa shape index (κ3) is 9.62. The average Bonchev–Trinajstić information content (AvgIpc) is 2.80. The average molecular weight is 418 g/mol. The van der Waals surface area contributed by atoms with E-state index in [-0.39, 0.29) is 0 Å². The molecule has 0 aromatic heterocycles.